The minimum Gasteiger partial charge on any atom is -0.493 e. The fourth-order valence-electron chi connectivity index (χ4n) is 3.49. The SMILES string of the molecule is CCOc1ccccc1N1C(=O)C(Nc2ccc(OC)c(OC)c2)=C(c2cccs2)C1=O. The number of benzene rings is 2. The third kappa shape index (κ3) is 3.80. The van der Waals surface area contributed by atoms with Gasteiger partial charge in [0.1, 0.15) is 11.4 Å². The molecule has 164 valence electrons. The van der Waals surface area contributed by atoms with Gasteiger partial charge in [-0.2, -0.15) is 0 Å². The standard InChI is InChI=1S/C24H22N2O5S/c1-4-31-17-9-6-5-8-16(17)26-23(27)21(20-10-7-13-32-20)22(24(26)28)25-15-11-12-18(29-2)19(14-15)30-3/h5-14,25H,4H2,1-3H3. The molecule has 0 fully saturated rings. The molecule has 2 heterocycles. The quantitative estimate of drug-likeness (QED) is 0.507. The van der Waals surface area contributed by atoms with Crippen LogP contribution in [0.15, 0.2) is 65.7 Å². The van der Waals surface area contributed by atoms with Gasteiger partial charge in [0.05, 0.1) is 32.1 Å². The maximum Gasteiger partial charge on any atom is 0.282 e. The Morgan fingerprint density at radius 3 is 2.38 bits per heavy atom. The molecule has 0 aliphatic carbocycles. The first kappa shape index (κ1) is 21.5. The molecule has 2 amide bonds. The number of carbonyl (C=O) groups excluding carboxylic acids is 2. The lowest BCUT2D eigenvalue weighted by molar-refractivity contribution is -0.120. The van der Waals surface area contributed by atoms with E-state index < -0.39 is 11.8 Å². The van der Waals surface area contributed by atoms with Gasteiger partial charge in [-0.1, -0.05) is 18.2 Å². The lowest BCUT2D eigenvalue weighted by Crippen LogP contribution is -2.32. The Balaban J connectivity index is 1.79. The Kier molecular flexibility index (Phi) is 6.13. The Hall–Kier alpha value is -3.78. The number of carbonyl (C=O) groups is 2. The van der Waals surface area contributed by atoms with Crippen LogP contribution >= 0.6 is 11.3 Å². The Morgan fingerprint density at radius 2 is 1.69 bits per heavy atom. The van der Waals surface area contributed by atoms with Crippen LogP contribution in [0.3, 0.4) is 0 Å². The normalized spacial score (nSPS) is 13.5. The van der Waals surface area contributed by atoms with Crippen LogP contribution in [0, 0.1) is 0 Å². The fourth-order valence-corrected chi connectivity index (χ4v) is 4.26. The van der Waals surface area contributed by atoms with Crippen molar-refractivity contribution in [2.75, 3.05) is 31.0 Å². The van der Waals surface area contributed by atoms with Crippen molar-refractivity contribution in [3.63, 3.8) is 0 Å². The van der Waals surface area contributed by atoms with Crippen LogP contribution in [-0.4, -0.2) is 32.6 Å². The minimum absolute atomic E-state index is 0.191. The van der Waals surface area contributed by atoms with E-state index in [9.17, 15) is 9.59 Å². The fraction of sp³-hybridized carbons (Fsp3) is 0.167. The molecule has 0 atom stereocenters. The Morgan fingerprint density at radius 1 is 0.906 bits per heavy atom. The van der Waals surface area contributed by atoms with E-state index in [2.05, 4.69) is 5.32 Å². The van der Waals surface area contributed by atoms with E-state index in [-0.39, 0.29) is 5.70 Å². The second-order valence-corrected chi connectivity index (χ2v) is 7.72. The molecule has 0 radical (unpaired) electrons. The number of methoxy groups -OCH3 is 2. The summed E-state index contributed by atoms with van der Waals surface area (Å²) >= 11 is 1.39. The van der Waals surface area contributed by atoms with Gasteiger partial charge in [-0.05, 0) is 42.6 Å². The van der Waals surface area contributed by atoms with Crippen molar-refractivity contribution >= 4 is 40.1 Å². The van der Waals surface area contributed by atoms with E-state index in [1.807, 2.05) is 24.4 Å². The first-order chi connectivity index (χ1) is 15.6. The molecule has 4 rings (SSSR count). The van der Waals surface area contributed by atoms with Gasteiger partial charge in [-0.25, -0.2) is 4.90 Å². The summed E-state index contributed by atoms with van der Waals surface area (Å²) in [6, 6.07) is 15.9. The van der Waals surface area contributed by atoms with Gasteiger partial charge in [0.15, 0.2) is 11.5 Å². The first-order valence-corrected chi connectivity index (χ1v) is 10.8. The molecule has 1 N–H and O–H groups in total. The van der Waals surface area contributed by atoms with Gasteiger partial charge in [-0.3, -0.25) is 9.59 Å². The highest BCUT2D eigenvalue weighted by molar-refractivity contribution is 7.11. The zero-order valence-electron chi connectivity index (χ0n) is 17.9. The predicted molar refractivity (Wildman–Crippen MR) is 125 cm³/mol. The summed E-state index contributed by atoms with van der Waals surface area (Å²) in [5.74, 6) is 0.667. The number of nitrogens with zero attached hydrogens (tertiary/aromatic N) is 1. The van der Waals surface area contributed by atoms with Crippen molar-refractivity contribution in [1.82, 2.24) is 0 Å². The summed E-state index contributed by atoms with van der Waals surface area (Å²) < 4.78 is 16.3. The van der Waals surface area contributed by atoms with Crippen LogP contribution in [0.2, 0.25) is 0 Å². The molecule has 8 heteroatoms. The molecule has 0 unspecified atom stereocenters. The number of ether oxygens (including phenoxy) is 3. The maximum atomic E-state index is 13.5. The van der Waals surface area contributed by atoms with E-state index >= 15 is 0 Å². The van der Waals surface area contributed by atoms with Crippen LogP contribution in [-0.2, 0) is 9.59 Å². The molecule has 32 heavy (non-hydrogen) atoms. The minimum atomic E-state index is -0.458. The van der Waals surface area contributed by atoms with Crippen molar-refractivity contribution in [3.8, 4) is 17.2 Å². The molecule has 0 bridgehead atoms. The van der Waals surface area contributed by atoms with Crippen molar-refractivity contribution in [3.05, 3.63) is 70.6 Å². The second-order valence-electron chi connectivity index (χ2n) is 6.77. The highest BCUT2D eigenvalue weighted by Crippen LogP contribution is 2.39. The summed E-state index contributed by atoms with van der Waals surface area (Å²) in [5.41, 5.74) is 1.50. The van der Waals surface area contributed by atoms with Crippen LogP contribution in [0.25, 0.3) is 5.57 Å². The number of hydrogen-bond acceptors (Lipinski definition) is 7. The summed E-state index contributed by atoms with van der Waals surface area (Å²) in [6.45, 7) is 2.26. The molecule has 1 aromatic heterocycles. The van der Waals surface area contributed by atoms with Gasteiger partial charge in [-0.15, -0.1) is 11.3 Å². The summed E-state index contributed by atoms with van der Waals surface area (Å²) in [7, 11) is 3.09. The second kappa shape index (κ2) is 9.15. The summed E-state index contributed by atoms with van der Waals surface area (Å²) in [5, 5.41) is 5.00. The Labute approximate surface area is 189 Å². The monoisotopic (exact) mass is 450 g/mol. The van der Waals surface area contributed by atoms with Gasteiger partial charge in [0.25, 0.3) is 11.8 Å². The van der Waals surface area contributed by atoms with E-state index in [4.69, 9.17) is 14.2 Å². The van der Waals surface area contributed by atoms with Crippen LogP contribution < -0.4 is 24.4 Å². The third-order valence-corrected chi connectivity index (χ3v) is 5.80. The number of amides is 2. The molecule has 0 saturated carbocycles. The summed E-state index contributed by atoms with van der Waals surface area (Å²) in [6.07, 6.45) is 0. The highest BCUT2D eigenvalue weighted by atomic mass is 32.1. The Bertz CT molecular complexity index is 1190. The largest absolute Gasteiger partial charge is 0.493 e. The van der Waals surface area contributed by atoms with Gasteiger partial charge in [0, 0.05) is 16.6 Å². The number of para-hydroxylation sites is 2. The molecular weight excluding hydrogens is 428 g/mol. The number of anilines is 2. The van der Waals surface area contributed by atoms with Gasteiger partial charge >= 0.3 is 0 Å². The number of imide groups is 1. The average molecular weight is 451 g/mol. The van der Waals surface area contributed by atoms with Crippen molar-refractivity contribution in [1.29, 1.82) is 0 Å². The van der Waals surface area contributed by atoms with Crippen LogP contribution in [0.1, 0.15) is 11.8 Å². The summed E-state index contributed by atoms with van der Waals surface area (Å²) in [4.78, 5) is 28.9. The lowest BCUT2D eigenvalue weighted by atomic mass is 10.1. The zero-order chi connectivity index (χ0) is 22.7. The predicted octanol–water partition coefficient (Wildman–Crippen LogP) is 4.56. The molecule has 0 saturated heterocycles. The van der Waals surface area contributed by atoms with Crippen LogP contribution in [0.4, 0.5) is 11.4 Å². The number of rotatable bonds is 8. The molecular formula is C24H22N2O5S. The van der Waals surface area contributed by atoms with E-state index in [1.54, 1.807) is 49.6 Å². The zero-order valence-corrected chi connectivity index (χ0v) is 18.7. The van der Waals surface area contributed by atoms with Gasteiger partial charge < -0.3 is 19.5 Å². The highest BCUT2D eigenvalue weighted by Gasteiger charge is 2.41. The van der Waals surface area contributed by atoms with E-state index in [0.717, 1.165) is 4.90 Å². The van der Waals surface area contributed by atoms with Crippen molar-refractivity contribution < 1.29 is 23.8 Å². The topological polar surface area (TPSA) is 77.1 Å². The van der Waals surface area contributed by atoms with E-state index in [1.165, 1.54) is 18.4 Å². The molecule has 0 spiro atoms. The number of thiophene rings is 1. The molecule has 2 aromatic carbocycles. The lowest BCUT2D eigenvalue weighted by Gasteiger charge is -2.19. The molecule has 3 aromatic rings. The third-order valence-electron chi connectivity index (χ3n) is 4.91. The average Bonchev–Trinajstić information content (AvgIpc) is 3.41. The first-order valence-electron chi connectivity index (χ1n) is 9.96. The van der Waals surface area contributed by atoms with Gasteiger partial charge in [0.2, 0.25) is 0 Å². The molecule has 7 nitrogen and oxygen atoms in total. The maximum absolute atomic E-state index is 13.5. The number of hydrogen-bond donors (Lipinski definition) is 1. The number of nitrogens with one attached hydrogen (secondary N) is 1. The van der Waals surface area contributed by atoms with E-state index in [0.29, 0.717) is 45.7 Å². The van der Waals surface area contributed by atoms with Crippen molar-refractivity contribution in [2.24, 2.45) is 0 Å². The molecule has 1 aliphatic heterocycles. The molecule has 1 aliphatic rings. The smallest absolute Gasteiger partial charge is 0.282 e. The van der Waals surface area contributed by atoms with Crippen molar-refractivity contribution in [2.45, 2.75) is 6.92 Å². The van der Waals surface area contributed by atoms with Crippen LogP contribution in [0.5, 0.6) is 17.2 Å².